The van der Waals surface area contributed by atoms with Crippen molar-refractivity contribution in [2.45, 2.75) is 4.90 Å². The zero-order valence-electron chi connectivity index (χ0n) is 10.3. The number of carbonyl (C=O) groups is 1. The average molecular weight is 293 g/mol. The van der Waals surface area contributed by atoms with Gasteiger partial charge in [0.15, 0.2) is 0 Å². The molecule has 2 rings (SSSR count). The highest BCUT2D eigenvalue weighted by Crippen LogP contribution is 2.21. The number of amides is 1. The maximum atomic E-state index is 12.0. The molecule has 0 aliphatic rings. The first-order chi connectivity index (χ1) is 9.10. The standard InChI is InChI=1S/C14H13ClN2OS/c1-19-11-5-3-10(4-6-11)17-14(18)9-2-7-13(16)12(15)8-9/h2-8H,16H2,1H3,(H,17,18). The lowest BCUT2D eigenvalue weighted by molar-refractivity contribution is 0.102. The van der Waals surface area contributed by atoms with Crippen LogP contribution < -0.4 is 11.1 Å². The number of carbonyl (C=O) groups excluding carboxylic acids is 1. The molecule has 0 saturated heterocycles. The monoisotopic (exact) mass is 292 g/mol. The van der Waals surface area contributed by atoms with Crippen LogP contribution in [0, 0.1) is 0 Å². The highest BCUT2D eigenvalue weighted by atomic mass is 35.5. The van der Waals surface area contributed by atoms with E-state index in [0.29, 0.717) is 16.3 Å². The molecule has 0 bridgehead atoms. The Hall–Kier alpha value is -1.65. The normalized spacial score (nSPS) is 10.2. The second-order valence-electron chi connectivity index (χ2n) is 3.92. The average Bonchev–Trinajstić information content (AvgIpc) is 2.42. The maximum Gasteiger partial charge on any atom is 0.255 e. The van der Waals surface area contributed by atoms with Gasteiger partial charge in [0.2, 0.25) is 0 Å². The molecule has 2 aromatic rings. The molecule has 0 unspecified atom stereocenters. The van der Waals surface area contributed by atoms with Crippen LogP contribution in [0.15, 0.2) is 47.4 Å². The molecule has 0 aromatic heterocycles. The molecule has 3 N–H and O–H groups in total. The first kappa shape index (κ1) is 13.8. The number of halogens is 1. The van der Waals surface area contributed by atoms with Crippen LogP contribution in [0.2, 0.25) is 5.02 Å². The van der Waals surface area contributed by atoms with Gasteiger partial charge in [-0.3, -0.25) is 4.79 Å². The van der Waals surface area contributed by atoms with Gasteiger partial charge in [-0.25, -0.2) is 0 Å². The van der Waals surface area contributed by atoms with Gasteiger partial charge in [0.25, 0.3) is 5.91 Å². The van der Waals surface area contributed by atoms with E-state index >= 15 is 0 Å². The molecule has 3 nitrogen and oxygen atoms in total. The van der Waals surface area contributed by atoms with E-state index in [1.807, 2.05) is 30.5 Å². The predicted molar refractivity (Wildman–Crippen MR) is 82.0 cm³/mol. The van der Waals surface area contributed by atoms with Crippen molar-refractivity contribution in [3.63, 3.8) is 0 Å². The van der Waals surface area contributed by atoms with Crippen molar-refractivity contribution in [1.82, 2.24) is 0 Å². The van der Waals surface area contributed by atoms with Crippen molar-refractivity contribution in [2.24, 2.45) is 0 Å². The smallest absolute Gasteiger partial charge is 0.255 e. The molecule has 0 spiro atoms. The number of nitrogens with two attached hydrogens (primary N) is 1. The second kappa shape index (κ2) is 5.99. The molecule has 1 amide bonds. The Morgan fingerprint density at radius 1 is 1.21 bits per heavy atom. The van der Waals surface area contributed by atoms with Crippen LogP contribution >= 0.6 is 23.4 Å². The SMILES string of the molecule is CSc1ccc(NC(=O)c2ccc(N)c(Cl)c2)cc1. The third-order valence-electron chi connectivity index (χ3n) is 2.61. The van der Waals surface area contributed by atoms with Crippen LogP contribution in [-0.4, -0.2) is 12.2 Å². The van der Waals surface area contributed by atoms with E-state index in [2.05, 4.69) is 5.32 Å². The number of nitrogens with one attached hydrogen (secondary N) is 1. The lowest BCUT2D eigenvalue weighted by atomic mass is 10.2. The second-order valence-corrected chi connectivity index (χ2v) is 5.21. The van der Waals surface area contributed by atoms with Crippen LogP contribution in [0.1, 0.15) is 10.4 Å². The first-order valence-corrected chi connectivity index (χ1v) is 7.21. The molecule has 0 atom stereocenters. The summed E-state index contributed by atoms with van der Waals surface area (Å²) in [5.41, 5.74) is 7.29. The largest absolute Gasteiger partial charge is 0.398 e. The third kappa shape index (κ3) is 3.43. The Balaban J connectivity index is 2.13. The number of anilines is 2. The first-order valence-electron chi connectivity index (χ1n) is 5.60. The summed E-state index contributed by atoms with van der Waals surface area (Å²) in [6, 6.07) is 12.5. The molecular weight excluding hydrogens is 280 g/mol. The number of thioether (sulfide) groups is 1. The van der Waals surface area contributed by atoms with Crippen molar-refractivity contribution in [1.29, 1.82) is 0 Å². The van der Waals surface area contributed by atoms with E-state index < -0.39 is 0 Å². The van der Waals surface area contributed by atoms with E-state index in [1.54, 1.807) is 30.0 Å². The van der Waals surface area contributed by atoms with E-state index in [-0.39, 0.29) is 5.91 Å². The highest BCUT2D eigenvalue weighted by Gasteiger charge is 2.08. The van der Waals surface area contributed by atoms with Gasteiger partial charge in [-0.2, -0.15) is 0 Å². The zero-order valence-corrected chi connectivity index (χ0v) is 11.9. The quantitative estimate of drug-likeness (QED) is 0.666. The van der Waals surface area contributed by atoms with E-state index in [9.17, 15) is 4.79 Å². The maximum absolute atomic E-state index is 12.0. The molecule has 0 fully saturated rings. The molecule has 0 saturated carbocycles. The van der Waals surface area contributed by atoms with Crippen LogP contribution in [0.25, 0.3) is 0 Å². The molecule has 19 heavy (non-hydrogen) atoms. The zero-order chi connectivity index (χ0) is 13.8. The van der Waals surface area contributed by atoms with Crippen LogP contribution in [0.5, 0.6) is 0 Å². The van der Waals surface area contributed by atoms with Gasteiger partial charge in [0.05, 0.1) is 10.7 Å². The lowest BCUT2D eigenvalue weighted by Gasteiger charge is -2.07. The molecule has 0 aliphatic carbocycles. The molecule has 0 radical (unpaired) electrons. The van der Waals surface area contributed by atoms with Gasteiger partial charge >= 0.3 is 0 Å². The van der Waals surface area contributed by atoms with Crippen molar-refractivity contribution in [3.8, 4) is 0 Å². The van der Waals surface area contributed by atoms with Gasteiger partial charge in [-0.15, -0.1) is 11.8 Å². The minimum Gasteiger partial charge on any atom is -0.398 e. The highest BCUT2D eigenvalue weighted by molar-refractivity contribution is 7.98. The van der Waals surface area contributed by atoms with Crippen molar-refractivity contribution in [2.75, 3.05) is 17.3 Å². The Morgan fingerprint density at radius 2 is 1.89 bits per heavy atom. The number of nitrogen functional groups attached to an aromatic ring is 1. The van der Waals surface area contributed by atoms with Crippen LogP contribution in [0.4, 0.5) is 11.4 Å². The molecule has 2 aromatic carbocycles. The van der Waals surface area contributed by atoms with Gasteiger partial charge in [0.1, 0.15) is 0 Å². The minimum absolute atomic E-state index is 0.209. The van der Waals surface area contributed by atoms with Crippen molar-refractivity contribution < 1.29 is 4.79 Å². The van der Waals surface area contributed by atoms with Gasteiger partial charge in [-0.1, -0.05) is 11.6 Å². The lowest BCUT2D eigenvalue weighted by Crippen LogP contribution is -2.11. The van der Waals surface area contributed by atoms with E-state index in [0.717, 1.165) is 10.6 Å². The van der Waals surface area contributed by atoms with Gasteiger partial charge < -0.3 is 11.1 Å². The fourth-order valence-electron chi connectivity index (χ4n) is 1.55. The Kier molecular flexibility index (Phi) is 4.35. The molecule has 0 aliphatic heterocycles. The van der Waals surface area contributed by atoms with Gasteiger partial charge in [-0.05, 0) is 48.7 Å². The summed E-state index contributed by atoms with van der Waals surface area (Å²) in [4.78, 5) is 13.2. The topological polar surface area (TPSA) is 55.1 Å². The van der Waals surface area contributed by atoms with Crippen molar-refractivity contribution in [3.05, 3.63) is 53.1 Å². The molecule has 98 valence electrons. The number of hydrogen-bond acceptors (Lipinski definition) is 3. The minimum atomic E-state index is -0.209. The summed E-state index contributed by atoms with van der Waals surface area (Å²) >= 11 is 7.54. The fraction of sp³-hybridized carbons (Fsp3) is 0.0714. The summed E-state index contributed by atoms with van der Waals surface area (Å²) in [6.07, 6.45) is 2.00. The van der Waals surface area contributed by atoms with Crippen molar-refractivity contribution >= 4 is 40.6 Å². The Bertz CT molecular complexity index is 599. The number of hydrogen-bond donors (Lipinski definition) is 2. The Labute approximate surface area is 121 Å². The molecular formula is C14H13ClN2OS. The van der Waals surface area contributed by atoms with E-state index in [1.165, 1.54) is 0 Å². The Morgan fingerprint density at radius 3 is 2.47 bits per heavy atom. The summed E-state index contributed by atoms with van der Waals surface area (Å²) in [5, 5.41) is 3.19. The summed E-state index contributed by atoms with van der Waals surface area (Å²) in [6.45, 7) is 0. The summed E-state index contributed by atoms with van der Waals surface area (Å²) in [7, 11) is 0. The van der Waals surface area contributed by atoms with Crippen LogP contribution in [-0.2, 0) is 0 Å². The summed E-state index contributed by atoms with van der Waals surface area (Å²) < 4.78 is 0. The van der Waals surface area contributed by atoms with E-state index in [4.69, 9.17) is 17.3 Å². The molecule has 0 heterocycles. The van der Waals surface area contributed by atoms with Crippen LogP contribution in [0.3, 0.4) is 0 Å². The summed E-state index contributed by atoms with van der Waals surface area (Å²) in [5.74, 6) is -0.209. The van der Waals surface area contributed by atoms with Gasteiger partial charge in [0, 0.05) is 16.1 Å². The molecule has 5 heteroatoms. The number of rotatable bonds is 3. The predicted octanol–water partition coefficient (Wildman–Crippen LogP) is 3.90. The third-order valence-corrected chi connectivity index (χ3v) is 3.68. The number of benzene rings is 2. The fourth-order valence-corrected chi connectivity index (χ4v) is 2.13.